The third-order valence-corrected chi connectivity index (χ3v) is 6.61. The first kappa shape index (κ1) is 23.2. The summed E-state index contributed by atoms with van der Waals surface area (Å²) < 4.78 is 2.13. The van der Waals surface area contributed by atoms with Gasteiger partial charge < -0.3 is 19.6 Å². The number of imidazole rings is 1. The van der Waals surface area contributed by atoms with Gasteiger partial charge in [0.25, 0.3) is 5.91 Å². The molecule has 35 heavy (non-hydrogen) atoms. The van der Waals surface area contributed by atoms with Gasteiger partial charge in [-0.25, -0.2) is 0 Å². The Morgan fingerprint density at radius 1 is 1.09 bits per heavy atom. The van der Waals surface area contributed by atoms with E-state index < -0.39 is 0 Å². The number of amides is 1. The molecule has 1 amide bonds. The molecule has 180 valence electrons. The number of pyridine rings is 1. The van der Waals surface area contributed by atoms with E-state index in [1.54, 1.807) is 12.3 Å². The van der Waals surface area contributed by atoms with E-state index in [1.165, 1.54) is 5.56 Å². The largest absolute Gasteiger partial charge is 0.393 e. The number of nitrogens with zero attached hydrogens (tertiary/aromatic N) is 4. The van der Waals surface area contributed by atoms with Crippen LogP contribution in [0.15, 0.2) is 71.9 Å². The molecule has 1 aliphatic carbocycles. The average molecular weight is 470 g/mol. The highest BCUT2D eigenvalue weighted by molar-refractivity contribution is 5.95. The van der Waals surface area contributed by atoms with Crippen LogP contribution >= 0.6 is 0 Å². The molecule has 2 heterocycles. The molecule has 0 saturated heterocycles. The van der Waals surface area contributed by atoms with Gasteiger partial charge in [-0.3, -0.25) is 9.78 Å². The van der Waals surface area contributed by atoms with Crippen LogP contribution in [0.4, 0.5) is 0 Å². The molecular weight excluding hydrogens is 438 g/mol. The van der Waals surface area contributed by atoms with Gasteiger partial charge in [-0.2, -0.15) is 4.99 Å². The Kier molecular flexibility index (Phi) is 6.61. The van der Waals surface area contributed by atoms with Crippen LogP contribution in [0.5, 0.6) is 0 Å². The fourth-order valence-corrected chi connectivity index (χ4v) is 4.93. The summed E-state index contributed by atoms with van der Waals surface area (Å²) in [6.45, 7) is 0.834. The smallest absolute Gasteiger partial charge is 0.280 e. The maximum atomic E-state index is 13.3. The summed E-state index contributed by atoms with van der Waals surface area (Å²) >= 11 is 0. The second-order valence-corrected chi connectivity index (χ2v) is 9.58. The number of fused-ring (bicyclic) bond motifs is 1. The van der Waals surface area contributed by atoms with E-state index in [4.69, 9.17) is 0 Å². The summed E-state index contributed by atoms with van der Waals surface area (Å²) in [6.07, 6.45) is 4.64. The third kappa shape index (κ3) is 5.11. The Hall–Kier alpha value is -3.55. The maximum absolute atomic E-state index is 13.3. The van der Waals surface area contributed by atoms with Gasteiger partial charge in [-0.15, -0.1) is 0 Å². The predicted molar refractivity (Wildman–Crippen MR) is 137 cm³/mol. The highest BCUT2D eigenvalue weighted by Crippen LogP contribution is 2.29. The van der Waals surface area contributed by atoms with E-state index in [-0.39, 0.29) is 18.1 Å². The summed E-state index contributed by atoms with van der Waals surface area (Å²) in [5.41, 5.74) is 5.92. The van der Waals surface area contributed by atoms with Crippen LogP contribution in [-0.4, -0.2) is 50.6 Å². The Morgan fingerprint density at radius 3 is 2.69 bits per heavy atom. The van der Waals surface area contributed by atoms with Crippen LogP contribution in [0.1, 0.15) is 47.6 Å². The monoisotopic (exact) mass is 469 g/mol. The molecule has 5 rings (SSSR count). The highest BCUT2D eigenvalue weighted by Gasteiger charge is 2.23. The van der Waals surface area contributed by atoms with E-state index in [0.29, 0.717) is 11.2 Å². The van der Waals surface area contributed by atoms with Crippen molar-refractivity contribution in [2.75, 3.05) is 14.1 Å². The lowest BCUT2D eigenvalue weighted by Crippen LogP contribution is -2.29. The topological polar surface area (TPSA) is 86.5 Å². The number of hydrogen-bond donors (Lipinski definition) is 2. The number of H-pyrrole nitrogens is 1. The standard InChI is InChI=1S/C28H31N5O2/c1-32(2)18-19-6-5-7-20(16-19)25-17-21(14-15-29-25)27(35)31-28-30-24-8-3-4-9-26(24)33(28)22-10-12-23(34)13-11-22/h3-9,14-17,22-23,34H,10-13,18H2,1-2H3,(H,30,31,35)/t22-,23+. The molecule has 7 nitrogen and oxygen atoms in total. The van der Waals surface area contributed by atoms with Crippen molar-refractivity contribution in [3.63, 3.8) is 0 Å². The summed E-state index contributed by atoms with van der Waals surface area (Å²) in [5, 5.41) is 9.98. The van der Waals surface area contributed by atoms with Crippen molar-refractivity contribution in [1.82, 2.24) is 19.4 Å². The number of rotatable bonds is 5. The summed E-state index contributed by atoms with van der Waals surface area (Å²) in [5.74, 6) is -0.311. The lowest BCUT2D eigenvalue weighted by atomic mass is 9.93. The normalized spacial score (nSPS) is 18.9. The number of carbonyl (C=O) groups is 1. The number of hydrogen-bond acceptors (Lipinski definition) is 4. The van der Waals surface area contributed by atoms with E-state index in [9.17, 15) is 9.90 Å². The highest BCUT2D eigenvalue weighted by atomic mass is 16.3. The van der Waals surface area contributed by atoms with E-state index >= 15 is 0 Å². The first-order chi connectivity index (χ1) is 17.0. The van der Waals surface area contributed by atoms with Crippen molar-refractivity contribution in [3.05, 3.63) is 83.6 Å². The Balaban J connectivity index is 1.50. The zero-order chi connectivity index (χ0) is 24.4. The van der Waals surface area contributed by atoms with Crippen LogP contribution in [0, 0.1) is 0 Å². The number of carbonyl (C=O) groups excluding carboxylic acids is 1. The van der Waals surface area contributed by atoms with Crippen LogP contribution in [0.2, 0.25) is 0 Å². The minimum Gasteiger partial charge on any atom is -0.393 e. The van der Waals surface area contributed by atoms with Gasteiger partial charge in [0.2, 0.25) is 5.62 Å². The van der Waals surface area contributed by atoms with Gasteiger partial charge in [0.1, 0.15) is 0 Å². The lowest BCUT2D eigenvalue weighted by molar-refractivity contribution is 0.0990. The number of aliphatic hydroxyl groups excluding tert-OH is 1. The first-order valence-corrected chi connectivity index (χ1v) is 12.1. The molecule has 7 heteroatoms. The molecule has 0 spiro atoms. The Bertz CT molecular complexity index is 1410. The second-order valence-electron chi connectivity index (χ2n) is 9.58. The third-order valence-electron chi connectivity index (χ3n) is 6.61. The van der Waals surface area contributed by atoms with Gasteiger partial charge in [-0.05, 0) is 75.7 Å². The molecule has 0 bridgehead atoms. The number of nitrogens with one attached hydrogen (secondary N) is 1. The Labute approximate surface area is 204 Å². The first-order valence-electron chi connectivity index (χ1n) is 12.1. The summed E-state index contributed by atoms with van der Waals surface area (Å²) in [4.78, 5) is 27.8. The van der Waals surface area contributed by atoms with Gasteiger partial charge in [0.05, 0.1) is 22.8 Å². The van der Waals surface area contributed by atoms with Gasteiger partial charge in [0, 0.05) is 29.9 Å². The molecule has 1 aliphatic rings. The van der Waals surface area contributed by atoms with Gasteiger partial charge in [-0.1, -0.05) is 30.3 Å². The minimum atomic E-state index is -0.311. The zero-order valence-corrected chi connectivity index (χ0v) is 20.2. The van der Waals surface area contributed by atoms with Crippen molar-refractivity contribution in [2.45, 2.75) is 44.4 Å². The molecule has 0 unspecified atom stereocenters. The minimum absolute atomic E-state index is 0.188. The molecule has 2 N–H and O–H groups in total. The maximum Gasteiger partial charge on any atom is 0.280 e. The molecule has 4 aromatic rings. The molecule has 0 aliphatic heterocycles. The molecule has 2 aromatic carbocycles. The van der Waals surface area contributed by atoms with Gasteiger partial charge in [0.15, 0.2) is 0 Å². The molecule has 0 radical (unpaired) electrons. The molecule has 2 aromatic heterocycles. The Morgan fingerprint density at radius 2 is 1.89 bits per heavy atom. The van der Waals surface area contributed by atoms with Gasteiger partial charge >= 0.3 is 0 Å². The van der Waals surface area contributed by atoms with Crippen molar-refractivity contribution in [1.29, 1.82) is 0 Å². The molecule has 1 fully saturated rings. The number of benzene rings is 2. The molecule has 0 atom stereocenters. The number of aliphatic hydroxyl groups is 1. The van der Waals surface area contributed by atoms with Crippen molar-refractivity contribution in [3.8, 4) is 11.3 Å². The molecule has 1 saturated carbocycles. The molecular formula is C28H31N5O2. The number of para-hydroxylation sites is 2. The van der Waals surface area contributed by atoms with Crippen LogP contribution in [-0.2, 0) is 6.54 Å². The van der Waals surface area contributed by atoms with Crippen LogP contribution in [0.25, 0.3) is 22.3 Å². The number of aromatic nitrogens is 3. The summed E-state index contributed by atoms with van der Waals surface area (Å²) in [7, 11) is 4.08. The number of aromatic amines is 1. The fourth-order valence-electron chi connectivity index (χ4n) is 4.93. The SMILES string of the molecule is CN(C)Cc1cccc(-c2cc(C(=O)/N=c3\[nH]c4ccccc4n3[C@H]3CC[C@@H](O)CC3)ccn2)c1. The van der Waals surface area contributed by atoms with Crippen LogP contribution in [0.3, 0.4) is 0 Å². The lowest BCUT2D eigenvalue weighted by Gasteiger charge is -2.27. The zero-order valence-electron chi connectivity index (χ0n) is 20.2. The quantitative estimate of drug-likeness (QED) is 0.456. The van der Waals surface area contributed by atoms with Crippen molar-refractivity contribution >= 4 is 16.9 Å². The second kappa shape index (κ2) is 9.98. The summed E-state index contributed by atoms with van der Waals surface area (Å²) in [6, 6.07) is 19.9. The van der Waals surface area contributed by atoms with Crippen molar-refractivity contribution < 1.29 is 9.90 Å². The van der Waals surface area contributed by atoms with Crippen molar-refractivity contribution in [2.24, 2.45) is 4.99 Å². The average Bonchev–Trinajstić information content (AvgIpc) is 3.22. The van der Waals surface area contributed by atoms with E-state index in [2.05, 4.69) is 36.6 Å². The predicted octanol–water partition coefficient (Wildman–Crippen LogP) is 4.31. The van der Waals surface area contributed by atoms with E-state index in [1.807, 2.05) is 56.6 Å². The van der Waals surface area contributed by atoms with E-state index in [0.717, 1.165) is 54.5 Å². The fraction of sp³-hybridized carbons (Fsp3) is 0.321. The van der Waals surface area contributed by atoms with Crippen LogP contribution < -0.4 is 5.62 Å².